The Morgan fingerprint density at radius 2 is 1.72 bits per heavy atom. The number of amides is 2. The summed E-state index contributed by atoms with van der Waals surface area (Å²) in [6.07, 6.45) is 0.805. The van der Waals surface area contributed by atoms with Gasteiger partial charge in [-0.25, -0.2) is 0 Å². The number of benzene rings is 2. The van der Waals surface area contributed by atoms with Gasteiger partial charge in [-0.15, -0.1) is 0 Å². The number of para-hydroxylation sites is 1. The van der Waals surface area contributed by atoms with Crippen molar-refractivity contribution in [3.8, 4) is 0 Å². The van der Waals surface area contributed by atoms with E-state index < -0.39 is 0 Å². The fourth-order valence-electron chi connectivity index (χ4n) is 3.63. The predicted octanol–water partition coefficient (Wildman–Crippen LogP) is 4.91. The largest absolute Gasteiger partial charge is 0.303 e. The molecule has 29 heavy (non-hydrogen) atoms. The summed E-state index contributed by atoms with van der Waals surface area (Å²) in [7, 11) is 0. The summed E-state index contributed by atoms with van der Waals surface area (Å²) in [4.78, 5) is 30.4. The molecule has 0 aliphatic carbocycles. The van der Waals surface area contributed by atoms with Gasteiger partial charge in [-0.3, -0.25) is 14.5 Å². The lowest BCUT2D eigenvalue weighted by atomic mass is 10.1. The molecule has 2 heterocycles. The molecule has 2 aromatic rings. The molecule has 0 spiro atoms. The molecule has 2 aromatic carbocycles. The maximum atomic E-state index is 13.5. The van der Waals surface area contributed by atoms with Gasteiger partial charge in [0.2, 0.25) is 0 Å². The highest BCUT2D eigenvalue weighted by molar-refractivity contribution is 8.26. The topological polar surface area (TPSA) is 40.6 Å². The standard InChI is InChI=1S/C23H22N2O2S2/c1-4-15(3)25-22(27)20(29-23(25)28)19-17-7-5-6-8-18(17)24(21(19)26)13-16-11-9-14(2)10-12-16/h5-12,15H,4,13H2,1-3H3. The summed E-state index contributed by atoms with van der Waals surface area (Å²) in [5.74, 6) is -0.305. The van der Waals surface area contributed by atoms with Crippen molar-refractivity contribution in [2.24, 2.45) is 0 Å². The number of aryl methyl sites for hydroxylation is 1. The van der Waals surface area contributed by atoms with E-state index in [1.165, 1.54) is 17.3 Å². The monoisotopic (exact) mass is 422 g/mol. The molecule has 0 saturated carbocycles. The predicted molar refractivity (Wildman–Crippen MR) is 123 cm³/mol. The number of thioether (sulfide) groups is 1. The lowest BCUT2D eigenvalue weighted by molar-refractivity contribution is -0.123. The number of nitrogens with zero attached hydrogens (tertiary/aromatic N) is 2. The fraction of sp³-hybridized carbons (Fsp3) is 0.261. The number of rotatable bonds is 4. The molecule has 1 fully saturated rings. The van der Waals surface area contributed by atoms with E-state index in [-0.39, 0.29) is 17.9 Å². The number of thiocarbonyl (C=S) groups is 1. The number of hydrogen-bond donors (Lipinski definition) is 0. The highest BCUT2D eigenvalue weighted by Gasteiger charge is 2.42. The van der Waals surface area contributed by atoms with Crippen molar-refractivity contribution in [2.45, 2.75) is 39.8 Å². The van der Waals surface area contributed by atoms with Crippen LogP contribution in [0.15, 0.2) is 53.4 Å². The molecule has 2 amide bonds. The van der Waals surface area contributed by atoms with E-state index in [1.807, 2.05) is 69.3 Å². The van der Waals surface area contributed by atoms with Crippen LogP contribution in [0.1, 0.15) is 37.0 Å². The first-order chi connectivity index (χ1) is 13.9. The minimum atomic E-state index is -0.162. The Morgan fingerprint density at radius 3 is 2.41 bits per heavy atom. The summed E-state index contributed by atoms with van der Waals surface area (Å²) < 4.78 is 0.522. The summed E-state index contributed by atoms with van der Waals surface area (Å²) >= 11 is 6.71. The van der Waals surface area contributed by atoms with Gasteiger partial charge in [0, 0.05) is 11.6 Å². The molecule has 2 aliphatic rings. The molecule has 1 unspecified atom stereocenters. The van der Waals surface area contributed by atoms with Crippen LogP contribution >= 0.6 is 24.0 Å². The smallest absolute Gasteiger partial charge is 0.267 e. The van der Waals surface area contributed by atoms with E-state index in [2.05, 4.69) is 0 Å². The number of carbonyl (C=O) groups excluding carboxylic acids is 2. The highest BCUT2D eigenvalue weighted by Crippen LogP contribution is 2.45. The maximum absolute atomic E-state index is 13.5. The van der Waals surface area contributed by atoms with Gasteiger partial charge in [-0.05, 0) is 31.9 Å². The second kappa shape index (κ2) is 7.76. The van der Waals surface area contributed by atoms with Gasteiger partial charge in [0.05, 0.1) is 22.7 Å². The summed E-state index contributed by atoms with van der Waals surface area (Å²) in [6.45, 7) is 6.50. The Balaban J connectivity index is 1.77. The Bertz CT molecular complexity index is 1040. The van der Waals surface area contributed by atoms with Gasteiger partial charge in [0.15, 0.2) is 0 Å². The molecule has 148 valence electrons. The van der Waals surface area contributed by atoms with E-state index in [0.29, 0.717) is 21.3 Å². The van der Waals surface area contributed by atoms with Crippen molar-refractivity contribution < 1.29 is 9.59 Å². The zero-order valence-electron chi connectivity index (χ0n) is 16.6. The summed E-state index contributed by atoms with van der Waals surface area (Å²) in [5, 5.41) is 0. The molecule has 6 heteroatoms. The lowest BCUT2D eigenvalue weighted by Crippen LogP contribution is -2.36. The van der Waals surface area contributed by atoms with Crippen molar-refractivity contribution in [1.29, 1.82) is 0 Å². The van der Waals surface area contributed by atoms with Gasteiger partial charge in [0.25, 0.3) is 11.8 Å². The quantitative estimate of drug-likeness (QED) is 0.518. The van der Waals surface area contributed by atoms with Gasteiger partial charge in [0.1, 0.15) is 4.32 Å². The molecule has 0 bridgehead atoms. The molecule has 2 aliphatic heterocycles. The first-order valence-electron chi connectivity index (χ1n) is 9.68. The molecule has 1 atom stereocenters. The minimum absolute atomic E-state index is 0.0102. The van der Waals surface area contributed by atoms with Gasteiger partial charge in [-0.1, -0.05) is 78.9 Å². The van der Waals surface area contributed by atoms with Crippen molar-refractivity contribution in [1.82, 2.24) is 4.90 Å². The van der Waals surface area contributed by atoms with Crippen LogP contribution in [-0.4, -0.2) is 27.1 Å². The number of fused-ring (bicyclic) bond motifs is 1. The van der Waals surface area contributed by atoms with Gasteiger partial charge >= 0.3 is 0 Å². The average molecular weight is 423 g/mol. The van der Waals surface area contributed by atoms with Crippen LogP contribution < -0.4 is 4.90 Å². The summed E-state index contributed by atoms with van der Waals surface area (Å²) in [6, 6.07) is 15.8. The molecule has 4 nitrogen and oxygen atoms in total. The third-order valence-electron chi connectivity index (χ3n) is 5.44. The molecule has 0 radical (unpaired) electrons. The molecule has 1 saturated heterocycles. The van der Waals surface area contributed by atoms with E-state index in [1.54, 1.807) is 9.80 Å². The molecular weight excluding hydrogens is 400 g/mol. The molecule has 0 aromatic heterocycles. The minimum Gasteiger partial charge on any atom is -0.303 e. The second-order valence-electron chi connectivity index (χ2n) is 7.40. The first kappa shape index (κ1) is 19.9. The van der Waals surface area contributed by atoms with Crippen molar-refractivity contribution >= 4 is 51.4 Å². The van der Waals surface area contributed by atoms with Gasteiger partial charge in [-0.2, -0.15) is 0 Å². The van der Waals surface area contributed by atoms with E-state index in [9.17, 15) is 9.59 Å². The molecular formula is C23H22N2O2S2. The fourth-order valence-corrected chi connectivity index (χ4v) is 5.16. The third-order valence-corrected chi connectivity index (χ3v) is 6.84. The Kier molecular flexibility index (Phi) is 5.32. The Morgan fingerprint density at radius 1 is 1.03 bits per heavy atom. The van der Waals surface area contributed by atoms with Crippen LogP contribution in [0.5, 0.6) is 0 Å². The number of anilines is 1. The Hall–Kier alpha value is -2.44. The third kappa shape index (κ3) is 3.40. The van der Waals surface area contributed by atoms with Gasteiger partial charge < -0.3 is 4.90 Å². The highest BCUT2D eigenvalue weighted by atomic mass is 32.2. The lowest BCUT2D eigenvalue weighted by Gasteiger charge is -2.21. The number of hydrogen-bond acceptors (Lipinski definition) is 4. The van der Waals surface area contributed by atoms with Crippen LogP contribution in [0.2, 0.25) is 0 Å². The van der Waals surface area contributed by atoms with Crippen LogP contribution in [0, 0.1) is 6.92 Å². The van der Waals surface area contributed by atoms with Crippen LogP contribution in [0.3, 0.4) is 0 Å². The van der Waals surface area contributed by atoms with E-state index >= 15 is 0 Å². The SMILES string of the molecule is CCC(C)N1C(=O)C(=C2C(=O)N(Cc3ccc(C)cc3)c3ccccc32)SC1=S. The molecule has 0 N–H and O–H groups in total. The average Bonchev–Trinajstić information content (AvgIpc) is 3.16. The van der Waals surface area contributed by atoms with Crippen molar-refractivity contribution in [3.05, 3.63) is 70.1 Å². The first-order valence-corrected chi connectivity index (χ1v) is 10.9. The Labute approximate surface area is 180 Å². The summed E-state index contributed by atoms with van der Waals surface area (Å²) in [5.41, 5.74) is 4.33. The normalized spacial score (nSPS) is 19.9. The second-order valence-corrected chi connectivity index (χ2v) is 9.04. The van der Waals surface area contributed by atoms with Crippen LogP contribution in [-0.2, 0) is 16.1 Å². The van der Waals surface area contributed by atoms with Crippen LogP contribution in [0.4, 0.5) is 5.69 Å². The zero-order valence-corrected chi connectivity index (χ0v) is 18.3. The van der Waals surface area contributed by atoms with Crippen molar-refractivity contribution in [3.63, 3.8) is 0 Å². The van der Waals surface area contributed by atoms with E-state index in [4.69, 9.17) is 12.2 Å². The number of carbonyl (C=O) groups is 2. The van der Waals surface area contributed by atoms with Crippen molar-refractivity contribution in [2.75, 3.05) is 4.90 Å². The zero-order chi connectivity index (χ0) is 20.7. The van der Waals surface area contributed by atoms with Crippen LogP contribution in [0.25, 0.3) is 5.57 Å². The maximum Gasteiger partial charge on any atom is 0.267 e. The van der Waals surface area contributed by atoms with E-state index in [0.717, 1.165) is 23.2 Å². The molecule has 4 rings (SSSR count).